The Balaban J connectivity index is 1.24. The maximum atomic E-state index is 10.9. The van der Waals surface area contributed by atoms with Gasteiger partial charge in [-0.25, -0.2) is 0 Å². The van der Waals surface area contributed by atoms with E-state index in [9.17, 15) is 10.5 Å². The van der Waals surface area contributed by atoms with Crippen molar-refractivity contribution in [2.24, 2.45) is 0 Å². The summed E-state index contributed by atoms with van der Waals surface area (Å²) in [4.78, 5) is 0. The van der Waals surface area contributed by atoms with Gasteiger partial charge in [0, 0.05) is 32.3 Å². The molecule has 0 saturated carbocycles. The van der Waals surface area contributed by atoms with E-state index in [-0.39, 0.29) is 0 Å². The van der Waals surface area contributed by atoms with Crippen LogP contribution in [0.4, 0.5) is 0 Å². The van der Waals surface area contributed by atoms with Gasteiger partial charge in [0.2, 0.25) is 0 Å². The lowest BCUT2D eigenvalue weighted by Crippen LogP contribution is -2.04. The number of fused-ring (bicyclic) bond motifs is 12. The molecule has 0 unspecified atom stereocenters. The number of hydrogen-bond donors (Lipinski definition) is 0. The lowest BCUT2D eigenvalue weighted by molar-refractivity contribution is 0.671. The summed E-state index contributed by atoms with van der Waals surface area (Å²) in [5, 5.41) is 30.4. The number of para-hydroxylation sites is 2. The SMILES string of the molecule is N#Cc1cc(-n2c3ccccc3c3ccc4c5ccccc5oc4c32)c(C#N)cc1-n1c2ccc(-c3ccccc3)cc2c2c3ccccc3ccc21. The van der Waals surface area contributed by atoms with Crippen LogP contribution in [0, 0.1) is 22.7 Å². The van der Waals surface area contributed by atoms with E-state index in [2.05, 4.69) is 130 Å². The monoisotopic (exact) mass is 674 g/mol. The standard InChI is InChI=1S/C48H26N4O/c49-27-32-26-44(52-40-16-8-6-14-35(40)37-20-21-38-36-15-7-9-17-45(36)53-48(38)47(37)52)33(28-50)25-43(32)51-41-22-19-31(29-10-2-1-3-11-29)24-39(41)46-34-13-5-4-12-30(34)18-23-42(46)51/h1-26H. The first kappa shape index (κ1) is 29.2. The smallest absolute Gasteiger partial charge is 0.160 e. The van der Waals surface area contributed by atoms with E-state index < -0.39 is 0 Å². The highest BCUT2D eigenvalue weighted by Gasteiger charge is 2.24. The van der Waals surface area contributed by atoms with Crippen molar-refractivity contribution in [2.45, 2.75) is 0 Å². The number of furan rings is 1. The normalized spacial score (nSPS) is 11.7. The van der Waals surface area contributed by atoms with Gasteiger partial charge in [-0.15, -0.1) is 0 Å². The number of rotatable bonds is 3. The van der Waals surface area contributed by atoms with E-state index in [0.717, 1.165) is 87.4 Å². The van der Waals surface area contributed by atoms with Crippen molar-refractivity contribution in [1.82, 2.24) is 9.13 Å². The summed E-state index contributed by atoms with van der Waals surface area (Å²) in [5.74, 6) is 0. The largest absolute Gasteiger partial charge is 0.454 e. The van der Waals surface area contributed by atoms with Crippen molar-refractivity contribution in [1.29, 1.82) is 10.5 Å². The summed E-state index contributed by atoms with van der Waals surface area (Å²) in [6.45, 7) is 0. The van der Waals surface area contributed by atoms with Crippen LogP contribution < -0.4 is 0 Å². The molecule has 11 rings (SSSR count). The predicted octanol–water partition coefficient (Wildman–Crippen LogP) is 12.3. The van der Waals surface area contributed by atoms with Crippen molar-refractivity contribution < 1.29 is 4.42 Å². The number of nitriles is 2. The summed E-state index contributed by atoms with van der Waals surface area (Å²) in [6, 6.07) is 58.9. The Bertz CT molecular complexity index is 3420. The van der Waals surface area contributed by atoms with Crippen molar-refractivity contribution in [3.05, 3.63) is 169 Å². The van der Waals surface area contributed by atoms with Crippen LogP contribution in [0.15, 0.2) is 162 Å². The molecular weight excluding hydrogens is 649 g/mol. The van der Waals surface area contributed by atoms with Crippen LogP contribution in [0.1, 0.15) is 11.1 Å². The van der Waals surface area contributed by atoms with E-state index in [1.165, 1.54) is 0 Å². The summed E-state index contributed by atoms with van der Waals surface area (Å²) >= 11 is 0. The van der Waals surface area contributed by atoms with Crippen LogP contribution in [0.3, 0.4) is 0 Å². The van der Waals surface area contributed by atoms with E-state index in [1.54, 1.807) is 0 Å². The molecule has 0 aliphatic rings. The van der Waals surface area contributed by atoms with Gasteiger partial charge in [0.05, 0.1) is 44.6 Å². The quantitative estimate of drug-likeness (QED) is 0.187. The summed E-state index contributed by atoms with van der Waals surface area (Å²) < 4.78 is 10.8. The maximum absolute atomic E-state index is 10.9. The zero-order valence-electron chi connectivity index (χ0n) is 28.2. The summed E-state index contributed by atoms with van der Waals surface area (Å²) in [6.07, 6.45) is 0. The summed E-state index contributed by atoms with van der Waals surface area (Å²) in [7, 11) is 0. The lowest BCUT2D eigenvalue weighted by Gasteiger charge is -2.16. The molecule has 0 N–H and O–H groups in total. The molecule has 0 bridgehead atoms. The van der Waals surface area contributed by atoms with E-state index in [4.69, 9.17) is 4.42 Å². The van der Waals surface area contributed by atoms with Crippen molar-refractivity contribution >= 4 is 76.3 Å². The van der Waals surface area contributed by atoms with Crippen LogP contribution in [-0.2, 0) is 0 Å². The molecule has 5 heteroatoms. The Morgan fingerprint density at radius 3 is 1.89 bits per heavy atom. The fourth-order valence-electron chi connectivity index (χ4n) is 8.47. The zero-order valence-corrected chi connectivity index (χ0v) is 28.2. The Labute approximate surface area is 303 Å². The third-order valence-electron chi connectivity index (χ3n) is 10.8. The zero-order chi connectivity index (χ0) is 35.2. The topological polar surface area (TPSA) is 70.6 Å². The van der Waals surface area contributed by atoms with Gasteiger partial charge in [0.1, 0.15) is 17.7 Å². The number of nitrogens with zero attached hydrogens (tertiary/aromatic N) is 4. The predicted molar refractivity (Wildman–Crippen MR) is 215 cm³/mol. The minimum atomic E-state index is 0.450. The Hall–Kier alpha value is -7.60. The van der Waals surface area contributed by atoms with E-state index in [1.807, 2.05) is 48.5 Å². The second-order valence-corrected chi connectivity index (χ2v) is 13.5. The van der Waals surface area contributed by atoms with Crippen LogP contribution in [0.25, 0.3) is 98.8 Å². The fourth-order valence-corrected chi connectivity index (χ4v) is 8.47. The highest BCUT2D eigenvalue weighted by atomic mass is 16.3. The van der Waals surface area contributed by atoms with Gasteiger partial charge in [-0.3, -0.25) is 0 Å². The molecule has 0 spiro atoms. The average Bonchev–Trinajstić information content (AvgIpc) is 3.88. The third-order valence-corrected chi connectivity index (χ3v) is 10.8. The van der Waals surface area contributed by atoms with Gasteiger partial charge in [-0.1, -0.05) is 109 Å². The molecule has 0 atom stereocenters. The molecule has 5 nitrogen and oxygen atoms in total. The number of aromatic nitrogens is 2. The highest BCUT2D eigenvalue weighted by molar-refractivity contribution is 6.23. The first-order chi connectivity index (χ1) is 26.2. The highest BCUT2D eigenvalue weighted by Crippen LogP contribution is 2.43. The van der Waals surface area contributed by atoms with Crippen LogP contribution in [0.2, 0.25) is 0 Å². The van der Waals surface area contributed by atoms with Gasteiger partial charge in [0.25, 0.3) is 0 Å². The molecule has 0 amide bonds. The first-order valence-electron chi connectivity index (χ1n) is 17.6. The molecule has 3 heterocycles. The van der Waals surface area contributed by atoms with Gasteiger partial charge in [0.15, 0.2) is 5.58 Å². The molecule has 0 aliphatic carbocycles. The van der Waals surface area contributed by atoms with E-state index in [0.29, 0.717) is 22.5 Å². The molecule has 0 aliphatic heterocycles. The number of benzene rings is 8. The first-order valence-corrected chi connectivity index (χ1v) is 17.6. The summed E-state index contributed by atoms with van der Waals surface area (Å²) in [5.41, 5.74) is 9.72. The minimum absolute atomic E-state index is 0.450. The molecule has 11 aromatic rings. The molecular formula is C48H26N4O. The van der Waals surface area contributed by atoms with Crippen molar-refractivity contribution in [3.63, 3.8) is 0 Å². The molecule has 8 aromatic carbocycles. The molecule has 0 saturated heterocycles. The van der Waals surface area contributed by atoms with Gasteiger partial charge in [-0.05, 0) is 70.4 Å². The Morgan fingerprint density at radius 2 is 1.08 bits per heavy atom. The molecule has 0 fully saturated rings. The van der Waals surface area contributed by atoms with Crippen LogP contribution in [-0.4, -0.2) is 9.13 Å². The average molecular weight is 675 g/mol. The fraction of sp³-hybridized carbons (Fsp3) is 0. The third kappa shape index (κ3) is 4.05. The van der Waals surface area contributed by atoms with Crippen molar-refractivity contribution in [2.75, 3.05) is 0 Å². The molecule has 53 heavy (non-hydrogen) atoms. The molecule has 244 valence electrons. The second kappa shape index (κ2) is 10.9. The Kier molecular flexibility index (Phi) is 6.02. The van der Waals surface area contributed by atoms with Crippen molar-refractivity contribution in [3.8, 4) is 34.6 Å². The Morgan fingerprint density at radius 1 is 0.434 bits per heavy atom. The van der Waals surface area contributed by atoms with Gasteiger partial charge >= 0.3 is 0 Å². The molecule has 0 radical (unpaired) electrons. The van der Waals surface area contributed by atoms with Gasteiger partial charge < -0.3 is 13.6 Å². The minimum Gasteiger partial charge on any atom is -0.454 e. The number of hydrogen-bond acceptors (Lipinski definition) is 3. The van der Waals surface area contributed by atoms with Gasteiger partial charge in [-0.2, -0.15) is 10.5 Å². The maximum Gasteiger partial charge on any atom is 0.160 e. The lowest BCUT2D eigenvalue weighted by atomic mass is 10.0. The van der Waals surface area contributed by atoms with Crippen LogP contribution in [0.5, 0.6) is 0 Å². The molecule has 3 aromatic heterocycles. The second-order valence-electron chi connectivity index (χ2n) is 13.5. The van der Waals surface area contributed by atoms with Crippen LogP contribution >= 0.6 is 0 Å². The van der Waals surface area contributed by atoms with E-state index >= 15 is 0 Å².